The van der Waals surface area contributed by atoms with Gasteiger partial charge in [0.15, 0.2) is 11.5 Å². The van der Waals surface area contributed by atoms with E-state index in [-0.39, 0.29) is 17.2 Å². The largest absolute Gasteiger partial charge is 0.388 e. The SMILES string of the molecule is N#C/C(N)=C(\C#N)N=C1CCCCC1=O. The van der Waals surface area contributed by atoms with Gasteiger partial charge in [0.05, 0.1) is 5.71 Å². The van der Waals surface area contributed by atoms with Gasteiger partial charge in [-0.25, -0.2) is 4.99 Å². The molecule has 1 rings (SSSR count). The third kappa shape index (κ3) is 2.65. The second kappa shape index (κ2) is 4.92. The van der Waals surface area contributed by atoms with Crippen molar-refractivity contribution in [1.82, 2.24) is 0 Å². The number of ketones is 1. The second-order valence-corrected chi connectivity index (χ2v) is 3.17. The minimum Gasteiger partial charge on any atom is -0.388 e. The first-order chi connectivity index (χ1) is 7.19. The Kier molecular flexibility index (Phi) is 3.59. The molecule has 76 valence electrons. The molecule has 0 radical (unpaired) electrons. The third-order valence-corrected chi connectivity index (χ3v) is 2.12. The highest BCUT2D eigenvalue weighted by atomic mass is 16.1. The zero-order valence-electron chi connectivity index (χ0n) is 8.16. The Hall–Kier alpha value is -2.14. The average molecular weight is 202 g/mol. The zero-order valence-corrected chi connectivity index (χ0v) is 8.16. The lowest BCUT2D eigenvalue weighted by Crippen LogP contribution is -2.19. The second-order valence-electron chi connectivity index (χ2n) is 3.17. The van der Waals surface area contributed by atoms with Crippen LogP contribution in [-0.4, -0.2) is 11.5 Å². The molecule has 15 heavy (non-hydrogen) atoms. The molecule has 0 aliphatic heterocycles. The molecule has 0 unspecified atom stereocenters. The van der Waals surface area contributed by atoms with Gasteiger partial charge in [-0.1, -0.05) is 0 Å². The molecule has 2 N–H and O–H groups in total. The number of hydrogen-bond acceptors (Lipinski definition) is 5. The van der Waals surface area contributed by atoms with Crippen LogP contribution in [0.25, 0.3) is 0 Å². The topological polar surface area (TPSA) is 103 Å². The Morgan fingerprint density at radius 3 is 2.47 bits per heavy atom. The lowest BCUT2D eigenvalue weighted by atomic mass is 9.97. The molecule has 0 aromatic heterocycles. The van der Waals surface area contributed by atoms with Crippen molar-refractivity contribution in [1.29, 1.82) is 10.5 Å². The first kappa shape index (κ1) is 10.9. The van der Waals surface area contributed by atoms with Crippen molar-refractivity contribution in [3.05, 3.63) is 11.4 Å². The first-order valence-electron chi connectivity index (χ1n) is 4.59. The van der Waals surface area contributed by atoms with Gasteiger partial charge >= 0.3 is 0 Å². The van der Waals surface area contributed by atoms with Gasteiger partial charge in [-0.3, -0.25) is 4.79 Å². The van der Waals surface area contributed by atoms with Crippen LogP contribution in [0.4, 0.5) is 0 Å². The van der Waals surface area contributed by atoms with Crippen molar-refractivity contribution >= 4 is 11.5 Å². The molecule has 0 heterocycles. The number of allylic oxidation sites excluding steroid dienone is 2. The molecule has 0 spiro atoms. The summed E-state index contributed by atoms with van der Waals surface area (Å²) in [7, 11) is 0. The van der Waals surface area contributed by atoms with Crippen LogP contribution in [0.15, 0.2) is 16.4 Å². The maximum atomic E-state index is 11.4. The van der Waals surface area contributed by atoms with Crippen molar-refractivity contribution in [2.24, 2.45) is 10.7 Å². The summed E-state index contributed by atoms with van der Waals surface area (Å²) < 4.78 is 0. The highest BCUT2D eigenvalue weighted by Crippen LogP contribution is 2.14. The van der Waals surface area contributed by atoms with Gasteiger partial charge in [-0.15, -0.1) is 0 Å². The molecule has 0 aromatic carbocycles. The number of Topliss-reactive ketones (excluding diaryl/α,β-unsaturated/α-hetero) is 1. The molecule has 1 saturated carbocycles. The molecule has 0 amide bonds. The van der Waals surface area contributed by atoms with Gasteiger partial charge in [0, 0.05) is 6.42 Å². The van der Waals surface area contributed by atoms with Crippen LogP contribution in [0.5, 0.6) is 0 Å². The Balaban J connectivity index is 3.01. The van der Waals surface area contributed by atoms with Crippen LogP contribution in [0.2, 0.25) is 0 Å². The first-order valence-corrected chi connectivity index (χ1v) is 4.59. The maximum Gasteiger partial charge on any atom is 0.177 e. The molecular weight excluding hydrogens is 192 g/mol. The minimum atomic E-state index is -0.247. The summed E-state index contributed by atoms with van der Waals surface area (Å²) in [5.41, 5.74) is 5.21. The molecule has 5 heteroatoms. The van der Waals surface area contributed by atoms with E-state index >= 15 is 0 Å². The number of nitriles is 2. The molecule has 5 nitrogen and oxygen atoms in total. The molecule has 0 saturated heterocycles. The van der Waals surface area contributed by atoms with Crippen molar-refractivity contribution < 1.29 is 4.79 Å². The molecular formula is C10H10N4O. The van der Waals surface area contributed by atoms with Gasteiger partial charge < -0.3 is 5.73 Å². The van der Waals surface area contributed by atoms with Gasteiger partial charge in [-0.2, -0.15) is 10.5 Å². The predicted octanol–water partition coefficient (Wildman–Crippen LogP) is 0.788. The van der Waals surface area contributed by atoms with Crippen LogP contribution >= 0.6 is 0 Å². The fraction of sp³-hybridized carbons (Fsp3) is 0.400. The lowest BCUT2D eigenvalue weighted by Gasteiger charge is -2.10. The van der Waals surface area contributed by atoms with Crippen LogP contribution in [0.3, 0.4) is 0 Å². The molecule has 0 aromatic rings. The summed E-state index contributed by atoms with van der Waals surface area (Å²) in [6.45, 7) is 0. The fourth-order valence-electron chi connectivity index (χ4n) is 1.31. The Morgan fingerprint density at radius 1 is 1.27 bits per heavy atom. The Labute approximate surface area is 87.5 Å². The smallest absolute Gasteiger partial charge is 0.177 e. The fourth-order valence-corrected chi connectivity index (χ4v) is 1.31. The van der Waals surface area contributed by atoms with E-state index in [1.807, 2.05) is 0 Å². The molecule has 0 bridgehead atoms. The van der Waals surface area contributed by atoms with E-state index in [1.54, 1.807) is 12.1 Å². The van der Waals surface area contributed by atoms with E-state index in [1.165, 1.54) is 0 Å². The highest BCUT2D eigenvalue weighted by molar-refractivity contribution is 6.40. The van der Waals surface area contributed by atoms with E-state index in [2.05, 4.69) is 4.99 Å². The number of nitrogens with two attached hydrogens (primary N) is 1. The summed E-state index contributed by atoms with van der Waals surface area (Å²) in [5.74, 6) is -0.0558. The van der Waals surface area contributed by atoms with E-state index in [4.69, 9.17) is 16.3 Å². The van der Waals surface area contributed by atoms with Gasteiger partial charge in [-0.05, 0) is 19.3 Å². The monoisotopic (exact) mass is 202 g/mol. The van der Waals surface area contributed by atoms with E-state index in [0.29, 0.717) is 18.6 Å². The van der Waals surface area contributed by atoms with E-state index < -0.39 is 0 Å². The molecule has 1 aliphatic rings. The average Bonchev–Trinajstić information content (AvgIpc) is 2.27. The summed E-state index contributed by atoms with van der Waals surface area (Å²) in [6, 6.07) is 3.35. The summed E-state index contributed by atoms with van der Waals surface area (Å²) in [5, 5.41) is 17.2. The number of nitrogens with zero attached hydrogens (tertiary/aromatic N) is 3. The molecule has 0 atom stereocenters. The molecule has 1 aliphatic carbocycles. The van der Waals surface area contributed by atoms with Crippen molar-refractivity contribution in [3.8, 4) is 12.1 Å². The highest BCUT2D eigenvalue weighted by Gasteiger charge is 2.17. The lowest BCUT2D eigenvalue weighted by molar-refractivity contribution is -0.113. The number of carbonyl (C=O) groups is 1. The Morgan fingerprint density at radius 2 is 1.93 bits per heavy atom. The van der Waals surface area contributed by atoms with Crippen LogP contribution in [0.1, 0.15) is 25.7 Å². The van der Waals surface area contributed by atoms with Crippen LogP contribution in [0, 0.1) is 22.7 Å². The summed E-state index contributed by atoms with van der Waals surface area (Å²) in [6.07, 6.45) is 2.76. The maximum absolute atomic E-state index is 11.4. The Bertz CT molecular complexity index is 420. The van der Waals surface area contributed by atoms with Crippen molar-refractivity contribution in [2.75, 3.05) is 0 Å². The van der Waals surface area contributed by atoms with Crippen LogP contribution in [-0.2, 0) is 4.79 Å². The number of carbonyl (C=O) groups excluding carboxylic acids is 1. The van der Waals surface area contributed by atoms with Gasteiger partial charge in [0.25, 0.3) is 0 Å². The van der Waals surface area contributed by atoms with E-state index in [9.17, 15) is 4.79 Å². The molecule has 1 fully saturated rings. The quantitative estimate of drug-likeness (QED) is 0.634. The zero-order chi connectivity index (χ0) is 11.3. The van der Waals surface area contributed by atoms with Gasteiger partial charge in [0.2, 0.25) is 0 Å². The predicted molar refractivity (Wildman–Crippen MR) is 53.3 cm³/mol. The van der Waals surface area contributed by atoms with Crippen LogP contribution < -0.4 is 5.73 Å². The summed E-state index contributed by atoms with van der Waals surface area (Å²) in [4.78, 5) is 15.2. The summed E-state index contributed by atoms with van der Waals surface area (Å²) >= 11 is 0. The third-order valence-electron chi connectivity index (χ3n) is 2.12. The van der Waals surface area contributed by atoms with Crippen molar-refractivity contribution in [2.45, 2.75) is 25.7 Å². The minimum absolute atomic E-state index is 0.0558. The number of hydrogen-bond donors (Lipinski definition) is 1. The number of aliphatic imine (C=N–C) groups is 1. The normalized spacial score (nSPS) is 20.4. The number of rotatable bonds is 1. The standard InChI is InChI=1S/C10H10N4O/c11-5-7(13)9(6-12)14-8-3-1-2-4-10(8)15/h1-4,13H2/b9-7-,14-8?. The van der Waals surface area contributed by atoms with E-state index in [0.717, 1.165) is 12.8 Å². The van der Waals surface area contributed by atoms with Gasteiger partial charge in [0.1, 0.15) is 17.8 Å². The van der Waals surface area contributed by atoms with Crippen molar-refractivity contribution in [3.63, 3.8) is 0 Å².